The summed E-state index contributed by atoms with van der Waals surface area (Å²) in [4.78, 5) is 0. The second kappa shape index (κ2) is 26.6. The summed E-state index contributed by atoms with van der Waals surface area (Å²) in [5.41, 5.74) is 2.86. The minimum Gasteiger partial charge on any atom is -0.133 e. The van der Waals surface area contributed by atoms with Crippen LogP contribution in [0.1, 0.15) is 168 Å². The number of hydrogen-bond donors (Lipinski definition) is 0. The molecular weight excluding hydrogens is 360 g/mol. The highest BCUT2D eigenvalue weighted by Crippen LogP contribution is 2.22. The van der Waals surface area contributed by atoms with Crippen LogP contribution in [0.25, 0.3) is 0 Å². The molecule has 30 heavy (non-hydrogen) atoms. The predicted molar refractivity (Wildman–Crippen MR) is 139 cm³/mol. The summed E-state index contributed by atoms with van der Waals surface area (Å²) in [6, 6.07) is 0. The maximum atomic E-state index is 3.62. The van der Waals surface area contributed by atoms with E-state index >= 15 is 0 Å². The largest absolute Gasteiger partial charge is 0.133 e. The number of unbranched alkanes of at least 4 members (excludes halogenated alkanes) is 19. The Morgan fingerprint density at radius 2 is 0.900 bits per heavy atom. The molecule has 0 N–H and O–H groups in total. The molecule has 1 unspecified atom stereocenters. The van der Waals surface area contributed by atoms with Crippen molar-refractivity contribution in [2.75, 3.05) is 0 Å². The van der Waals surface area contributed by atoms with E-state index in [9.17, 15) is 0 Å². The summed E-state index contributed by atoms with van der Waals surface area (Å²) in [5.74, 6) is 1.01. The van der Waals surface area contributed by atoms with Gasteiger partial charge in [-0.3, -0.25) is 0 Å². The average Bonchev–Trinajstić information content (AvgIpc) is 2.76. The van der Waals surface area contributed by atoms with Crippen LogP contribution in [-0.4, -0.2) is 0 Å². The predicted octanol–water partition coefficient (Wildman–Crippen LogP) is 11.3. The van der Waals surface area contributed by atoms with E-state index in [2.05, 4.69) is 32.2 Å². The van der Waals surface area contributed by atoms with E-state index in [1.54, 1.807) is 0 Å². The Bertz CT molecular complexity index is 349. The molecule has 0 aliphatic heterocycles. The molecule has 0 fully saturated rings. The first-order valence-electron chi connectivity index (χ1n) is 14.2. The van der Waals surface area contributed by atoms with Gasteiger partial charge in [0.2, 0.25) is 0 Å². The second-order valence-corrected chi connectivity index (χ2v) is 9.77. The summed E-state index contributed by atoms with van der Waals surface area (Å²) < 4.78 is 0. The van der Waals surface area contributed by atoms with Gasteiger partial charge in [-0.25, -0.2) is 0 Å². The lowest BCUT2D eigenvalue weighted by molar-refractivity contribution is 0.392. The Labute approximate surface area is 192 Å². The zero-order valence-electron chi connectivity index (χ0n) is 21.3. The zero-order valence-corrected chi connectivity index (χ0v) is 21.3. The van der Waals surface area contributed by atoms with Gasteiger partial charge in [0.05, 0.1) is 0 Å². The first-order valence-corrected chi connectivity index (χ1v) is 14.2. The van der Waals surface area contributed by atoms with Gasteiger partial charge in [-0.05, 0) is 24.8 Å². The van der Waals surface area contributed by atoms with Crippen molar-refractivity contribution in [1.29, 1.82) is 0 Å². The number of rotatable bonds is 25. The highest BCUT2D eigenvalue weighted by Gasteiger charge is 2.06. The lowest BCUT2D eigenvalue weighted by atomic mass is 9.92. The summed E-state index contributed by atoms with van der Waals surface area (Å²) in [6.45, 7) is 8.33. The van der Waals surface area contributed by atoms with Crippen molar-refractivity contribution >= 4 is 0 Å². The Hall–Kier alpha value is -0.480. The Balaban J connectivity index is 3.28. The minimum atomic E-state index is 1.01. The first-order chi connectivity index (χ1) is 14.8. The molecule has 0 rings (SSSR count). The highest BCUT2D eigenvalue weighted by atomic mass is 14.1. The van der Waals surface area contributed by atoms with Crippen LogP contribution in [0.5, 0.6) is 0 Å². The van der Waals surface area contributed by atoms with E-state index in [0.717, 1.165) is 5.92 Å². The van der Waals surface area contributed by atoms with Crippen molar-refractivity contribution in [2.24, 2.45) is 5.92 Å². The molecule has 0 saturated heterocycles. The van der Waals surface area contributed by atoms with Crippen molar-refractivity contribution < 1.29 is 0 Å². The van der Waals surface area contributed by atoms with Crippen LogP contribution in [0.15, 0.2) is 18.4 Å². The monoisotopic (exact) mass is 418 g/mol. The van der Waals surface area contributed by atoms with E-state index in [0.29, 0.717) is 0 Å². The fraction of sp³-hybridized carbons (Fsp3) is 0.900. The second-order valence-electron chi connectivity index (χ2n) is 9.77. The molecule has 0 aromatic rings. The van der Waals surface area contributed by atoms with Crippen LogP contribution in [0.3, 0.4) is 0 Å². The maximum absolute atomic E-state index is 3.62. The van der Waals surface area contributed by atoms with Gasteiger partial charge in [0.15, 0.2) is 0 Å². The van der Waals surface area contributed by atoms with Crippen LogP contribution in [-0.2, 0) is 0 Å². The van der Waals surface area contributed by atoms with Crippen molar-refractivity contribution in [1.82, 2.24) is 0 Å². The molecule has 0 radical (unpaired) electrons. The molecule has 0 aliphatic rings. The van der Waals surface area contributed by atoms with Gasteiger partial charge in [0.1, 0.15) is 0 Å². The van der Waals surface area contributed by atoms with Crippen LogP contribution >= 0.6 is 0 Å². The first kappa shape index (κ1) is 29.5. The molecule has 0 aromatic heterocycles. The molecule has 0 heteroatoms. The summed E-state index contributed by atoms with van der Waals surface area (Å²) in [6.07, 6.45) is 36.6. The third-order valence-electron chi connectivity index (χ3n) is 6.90. The Morgan fingerprint density at radius 1 is 0.533 bits per heavy atom. The summed E-state index contributed by atoms with van der Waals surface area (Å²) in [5, 5.41) is 0. The van der Waals surface area contributed by atoms with E-state index in [1.807, 2.05) is 0 Å². The molecule has 0 amide bonds. The van der Waals surface area contributed by atoms with E-state index in [1.165, 1.54) is 154 Å². The molecule has 0 bridgehead atoms. The SMILES string of the molecule is C=C=CCCCCCCCCCCCCCC(CC)CCCCCCCCCCC. The molecule has 0 saturated carbocycles. The molecule has 178 valence electrons. The molecule has 0 nitrogen and oxygen atoms in total. The van der Waals surface area contributed by atoms with Crippen molar-refractivity contribution in [2.45, 2.75) is 168 Å². The van der Waals surface area contributed by atoms with Crippen LogP contribution < -0.4 is 0 Å². The molecule has 0 heterocycles. The fourth-order valence-electron chi connectivity index (χ4n) is 4.67. The zero-order chi connectivity index (χ0) is 22.0. The van der Waals surface area contributed by atoms with Gasteiger partial charge in [-0.1, -0.05) is 162 Å². The molecule has 0 spiro atoms. The van der Waals surface area contributed by atoms with Gasteiger partial charge in [-0.2, -0.15) is 0 Å². The molecule has 1 atom stereocenters. The minimum absolute atomic E-state index is 1.01. The normalized spacial score (nSPS) is 12.1. The van der Waals surface area contributed by atoms with Gasteiger partial charge in [0.25, 0.3) is 0 Å². The third kappa shape index (κ3) is 23.8. The fourth-order valence-corrected chi connectivity index (χ4v) is 4.67. The Morgan fingerprint density at radius 3 is 1.27 bits per heavy atom. The van der Waals surface area contributed by atoms with Crippen LogP contribution in [0.2, 0.25) is 0 Å². The van der Waals surface area contributed by atoms with Crippen molar-refractivity contribution in [3.63, 3.8) is 0 Å². The van der Waals surface area contributed by atoms with Crippen molar-refractivity contribution in [3.8, 4) is 0 Å². The van der Waals surface area contributed by atoms with Gasteiger partial charge >= 0.3 is 0 Å². The molecular formula is C30H58. The Kier molecular flexibility index (Phi) is 26.1. The molecule has 0 aliphatic carbocycles. The van der Waals surface area contributed by atoms with E-state index in [4.69, 9.17) is 0 Å². The summed E-state index contributed by atoms with van der Waals surface area (Å²) in [7, 11) is 0. The van der Waals surface area contributed by atoms with Gasteiger partial charge in [-0.15, -0.1) is 5.73 Å². The van der Waals surface area contributed by atoms with Crippen LogP contribution in [0.4, 0.5) is 0 Å². The van der Waals surface area contributed by atoms with Crippen molar-refractivity contribution in [3.05, 3.63) is 18.4 Å². The van der Waals surface area contributed by atoms with Gasteiger partial charge in [0, 0.05) is 0 Å². The van der Waals surface area contributed by atoms with E-state index in [-0.39, 0.29) is 0 Å². The lowest BCUT2D eigenvalue weighted by Gasteiger charge is -2.14. The van der Waals surface area contributed by atoms with Crippen LogP contribution in [0, 0.1) is 5.92 Å². The highest BCUT2D eigenvalue weighted by molar-refractivity contribution is 4.74. The lowest BCUT2D eigenvalue weighted by Crippen LogP contribution is -1.99. The topological polar surface area (TPSA) is 0 Å². The maximum Gasteiger partial charge on any atom is -0.0275 e. The third-order valence-corrected chi connectivity index (χ3v) is 6.90. The summed E-state index contributed by atoms with van der Waals surface area (Å²) >= 11 is 0. The average molecular weight is 419 g/mol. The molecule has 0 aromatic carbocycles. The standard InChI is InChI=1S/C30H58/c1-4-7-9-11-13-15-16-17-18-19-21-23-25-27-29-30(6-3)28-26-24-22-20-14-12-10-8-5-2/h7,30H,1,5-6,8-29H2,2-3H3. The number of allylic oxidation sites excluding steroid dienone is 1. The smallest absolute Gasteiger partial charge is 0.0275 e. The van der Waals surface area contributed by atoms with Gasteiger partial charge < -0.3 is 0 Å². The van der Waals surface area contributed by atoms with E-state index < -0.39 is 0 Å². The quantitative estimate of drug-likeness (QED) is 0.102. The number of hydrogen-bond acceptors (Lipinski definition) is 0.